The summed E-state index contributed by atoms with van der Waals surface area (Å²) in [5, 5.41) is 5.29. The van der Waals surface area contributed by atoms with Crippen molar-refractivity contribution in [3.05, 3.63) is 90.4 Å². The molecule has 0 aliphatic heterocycles. The molecular weight excluding hydrogens is 465 g/mol. The standard InChI is InChI=1S/C27H30FN3O3S/c1-2-3-7-16-35(32,33)30-24(17-21-8-5-4-6-9-21)20-34-26-14-15-27-22(18-26)19-29-31(27)25-12-10-23(28)11-13-25/h4-6,8-15,18-19,24,30H,2-3,7,16-17,20H2,1H3. The van der Waals surface area contributed by atoms with E-state index in [1.165, 1.54) is 12.1 Å². The molecule has 6 nitrogen and oxygen atoms in total. The van der Waals surface area contributed by atoms with E-state index in [1.54, 1.807) is 23.0 Å². The number of hydrogen-bond acceptors (Lipinski definition) is 4. The summed E-state index contributed by atoms with van der Waals surface area (Å²) in [5.74, 6) is 0.437. The fraction of sp³-hybridized carbons (Fsp3) is 0.296. The first-order valence-corrected chi connectivity index (χ1v) is 13.5. The van der Waals surface area contributed by atoms with E-state index in [0.29, 0.717) is 18.6 Å². The number of halogens is 1. The van der Waals surface area contributed by atoms with Gasteiger partial charge in [0.15, 0.2) is 0 Å². The maximum Gasteiger partial charge on any atom is 0.211 e. The minimum atomic E-state index is -3.41. The molecule has 3 aromatic carbocycles. The van der Waals surface area contributed by atoms with Crippen LogP contribution in [-0.4, -0.2) is 36.6 Å². The smallest absolute Gasteiger partial charge is 0.211 e. The zero-order valence-electron chi connectivity index (χ0n) is 19.7. The van der Waals surface area contributed by atoms with Gasteiger partial charge in [-0.15, -0.1) is 0 Å². The maximum absolute atomic E-state index is 13.3. The highest BCUT2D eigenvalue weighted by Gasteiger charge is 2.19. The quantitative estimate of drug-likeness (QED) is 0.272. The Hall–Kier alpha value is -3.23. The second-order valence-electron chi connectivity index (χ2n) is 8.59. The number of unbranched alkanes of at least 4 members (excludes halogenated alkanes) is 2. The van der Waals surface area contributed by atoms with Crippen molar-refractivity contribution >= 4 is 20.9 Å². The van der Waals surface area contributed by atoms with Crippen molar-refractivity contribution in [3.63, 3.8) is 0 Å². The van der Waals surface area contributed by atoms with Crippen LogP contribution in [0.1, 0.15) is 31.7 Å². The van der Waals surface area contributed by atoms with Crippen molar-refractivity contribution in [1.29, 1.82) is 0 Å². The lowest BCUT2D eigenvalue weighted by molar-refractivity contribution is 0.278. The van der Waals surface area contributed by atoms with E-state index in [-0.39, 0.29) is 18.2 Å². The van der Waals surface area contributed by atoms with Gasteiger partial charge < -0.3 is 4.74 Å². The van der Waals surface area contributed by atoms with Crippen molar-refractivity contribution in [2.24, 2.45) is 0 Å². The average Bonchev–Trinajstić information content (AvgIpc) is 3.27. The number of hydrogen-bond donors (Lipinski definition) is 1. The van der Waals surface area contributed by atoms with E-state index in [9.17, 15) is 12.8 Å². The minimum absolute atomic E-state index is 0.112. The van der Waals surface area contributed by atoms with Crippen LogP contribution in [0.25, 0.3) is 16.6 Å². The largest absolute Gasteiger partial charge is 0.492 e. The van der Waals surface area contributed by atoms with E-state index in [4.69, 9.17) is 4.74 Å². The molecule has 0 aliphatic carbocycles. The van der Waals surface area contributed by atoms with Gasteiger partial charge in [-0.3, -0.25) is 0 Å². The Bertz CT molecular complexity index is 1340. The van der Waals surface area contributed by atoms with Crippen molar-refractivity contribution in [2.75, 3.05) is 12.4 Å². The van der Waals surface area contributed by atoms with Gasteiger partial charge in [-0.05, 0) is 60.9 Å². The minimum Gasteiger partial charge on any atom is -0.492 e. The van der Waals surface area contributed by atoms with Crippen LogP contribution in [0.2, 0.25) is 0 Å². The highest BCUT2D eigenvalue weighted by molar-refractivity contribution is 7.89. The number of ether oxygens (including phenoxy) is 1. The van der Waals surface area contributed by atoms with E-state index in [2.05, 4.69) is 9.82 Å². The molecule has 0 bridgehead atoms. The Kier molecular flexibility index (Phi) is 8.15. The summed E-state index contributed by atoms with van der Waals surface area (Å²) in [6.45, 7) is 2.24. The number of rotatable bonds is 12. The molecule has 8 heteroatoms. The maximum atomic E-state index is 13.3. The molecule has 0 amide bonds. The predicted molar refractivity (Wildman–Crippen MR) is 137 cm³/mol. The topological polar surface area (TPSA) is 73.2 Å². The van der Waals surface area contributed by atoms with Gasteiger partial charge >= 0.3 is 0 Å². The van der Waals surface area contributed by atoms with Gasteiger partial charge in [-0.25, -0.2) is 22.2 Å². The highest BCUT2D eigenvalue weighted by Crippen LogP contribution is 2.24. The Morgan fingerprint density at radius 2 is 1.80 bits per heavy atom. The van der Waals surface area contributed by atoms with Crippen molar-refractivity contribution in [1.82, 2.24) is 14.5 Å². The number of fused-ring (bicyclic) bond motifs is 1. The first kappa shape index (κ1) is 24.9. The molecule has 0 saturated heterocycles. The third-order valence-electron chi connectivity index (χ3n) is 5.75. The molecule has 0 spiro atoms. The van der Waals surface area contributed by atoms with Gasteiger partial charge in [0, 0.05) is 5.39 Å². The van der Waals surface area contributed by atoms with Crippen molar-refractivity contribution in [3.8, 4) is 11.4 Å². The molecule has 35 heavy (non-hydrogen) atoms. The second kappa shape index (κ2) is 11.5. The second-order valence-corrected chi connectivity index (χ2v) is 10.5. The van der Waals surface area contributed by atoms with E-state index in [0.717, 1.165) is 35.0 Å². The van der Waals surface area contributed by atoms with Crippen molar-refractivity contribution in [2.45, 2.75) is 38.6 Å². The first-order valence-electron chi connectivity index (χ1n) is 11.8. The molecule has 0 aliphatic rings. The lowest BCUT2D eigenvalue weighted by Gasteiger charge is -2.20. The Labute approximate surface area is 205 Å². The molecule has 1 heterocycles. The molecular formula is C27H30FN3O3S. The number of benzene rings is 3. The number of nitrogens with one attached hydrogen (secondary N) is 1. The van der Waals surface area contributed by atoms with Gasteiger partial charge in [0.25, 0.3) is 0 Å². The fourth-order valence-electron chi connectivity index (χ4n) is 3.97. The van der Waals surface area contributed by atoms with Crippen LogP contribution >= 0.6 is 0 Å². The van der Waals surface area contributed by atoms with Gasteiger partial charge in [0.2, 0.25) is 10.0 Å². The summed E-state index contributed by atoms with van der Waals surface area (Å²) >= 11 is 0. The summed E-state index contributed by atoms with van der Waals surface area (Å²) < 4.78 is 49.2. The molecule has 1 atom stereocenters. The number of nitrogens with zero attached hydrogens (tertiary/aromatic N) is 2. The van der Waals surface area contributed by atoms with Gasteiger partial charge in [0.05, 0.1) is 29.2 Å². The summed E-state index contributed by atoms with van der Waals surface area (Å²) in [4.78, 5) is 0. The van der Waals surface area contributed by atoms with E-state index in [1.807, 2.05) is 55.5 Å². The lowest BCUT2D eigenvalue weighted by atomic mass is 10.1. The summed E-state index contributed by atoms with van der Waals surface area (Å²) in [7, 11) is -3.41. The molecule has 0 radical (unpaired) electrons. The highest BCUT2D eigenvalue weighted by atomic mass is 32.2. The molecule has 0 fully saturated rings. The Balaban J connectivity index is 1.48. The molecule has 4 rings (SSSR count). The van der Waals surface area contributed by atoms with Gasteiger partial charge in [0.1, 0.15) is 18.2 Å². The zero-order valence-corrected chi connectivity index (χ0v) is 20.5. The Morgan fingerprint density at radius 1 is 1.03 bits per heavy atom. The molecule has 0 saturated carbocycles. The molecule has 4 aromatic rings. The molecule has 1 aromatic heterocycles. The van der Waals surface area contributed by atoms with Crippen molar-refractivity contribution < 1.29 is 17.5 Å². The van der Waals surface area contributed by atoms with Crippen LogP contribution in [0.5, 0.6) is 5.75 Å². The van der Waals surface area contributed by atoms with Crippen LogP contribution in [0.3, 0.4) is 0 Å². The summed E-state index contributed by atoms with van der Waals surface area (Å²) in [5.41, 5.74) is 2.66. The number of aromatic nitrogens is 2. The monoisotopic (exact) mass is 495 g/mol. The molecule has 1 N–H and O–H groups in total. The van der Waals surface area contributed by atoms with E-state index >= 15 is 0 Å². The first-order chi connectivity index (χ1) is 16.9. The predicted octanol–water partition coefficient (Wildman–Crippen LogP) is 5.26. The molecule has 1 unspecified atom stereocenters. The van der Waals surface area contributed by atoms with Crippen LogP contribution in [0.4, 0.5) is 4.39 Å². The SMILES string of the molecule is CCCCCS(=O)(=O)NC(COc1ccc2c(cnn2-c2ccc(F)cc2)c1)Cc1ccccc1. The average molecular weight is 496 g/mol. The summed E-state index contributed by atoms with van der Waals surface area (Å²) in [6, 6.07) is 21.1. The van der Waals surface area contributed by atoms with E-state index < -0.39 is 16.1 Å². The normalized spacial score (nSPS) is 12.6. The third kappa shape index (κ3) is 6.90. The van der Waals surface area contributed by atoms with Crippen LogP contribution in [0.15, 0.2) is 79.0 Å². The van der Waals surface area contributed by atoms with Crippen LogP contribution in [-0.2, 0) is 16.4 Å². The summed E-state index contributed by atoms with van der Waals surface area (Å²) in [6.07, 6.45) is 4.74. The fourth-order valence-corrected chi connectivity index (χ4v) is 5.34. The zero-order chi connectivity index (χ0) is 24.7. The van der Waals surface area contributed by atoms with Gasteiger partial charge in [-0.1, -0.05) is 50.1 Å². The van der Waals surface area contributed by atoms with Crippen LogP contribution < -0.4 is 9.46 Å². The van der Waals surface area contributed by atoms with Gasteiger partial charge in [-0.2, -0.15) is 5.10 Å². The number of sulfonamides is 1. The van der Waals surface area contributed by atoms with Crippen LogP contribution in [0, 0.1) is 5.82 Å². The third-order valence-corrected chi connectivity index (χ3v) is 7.27. The Morgan fingerprint density at radius 3 is 2.54 bits per heavy atom. The lowest BCUT2D eigenvalue weighted by Crippen LogP contribution is -2.41. The molecule has 184 valence electrons.